The molecule has 1 aliphatic heterocycles. The normalized spacial score (nSPS) is 26.2. The van der Waals surface area contributed by atoms with Gasteiger partial charge in [0.15, 0.2) is 11.6 Å². The molecule has 1 aromatic rings. The molecular formula is C13H16F2N2. The van der Waals surface area contributed by atoms with Crippen LogP contribution in [0.3, 0.4) is 0 Å². The van der Waals surface area contributed by atoms with Gasteiger partial charge in [-0.2, -0.15) is 0 Å². The first-order chi connectivity index (χ1) is 8.12. The van der Waals surface area contributed by atoms with Crippen molar-refractivity contribution in [3.63, 3.8) is 0 Å². The molecule has 1 saturated heterocycles. The molecule has 1 spiro atoms. The second-order valence-electron chi connectivity index (χ2n) is 5.23. The molecule has 4 heteroatoms. The minimum atomic E-state index is -0.787. The van der Waals surface area contributed by atoms with Crippen molar-refractivity contribution in [3.8, 4) is 0 Å². The third kappa shape index (κ3) is 1.58. The summed E-state index contributed by atoms with van der Waals surface area (Å²) in [6, 6.07) is 2.45. The molecule has 0 saturated carbocycles. The standard InChI is InChI=1S/C13H16F2N2/c14-10-5-8-7-13(1-3-17-4-2-13)12(16)9(8)6-11(10)15/h5-6,12,17H,1-4,7,16H2/t12-/m1/s1. The number of halogens is 2. The van der Waals surface area contributed by atoms with Gasteiger partial charge in [-0.25, -0.2) is 8.78 Å². The van der Waals surface area contributed by atoms with Crippen LogP contribution in [0.1, 0.15) is 30.0 Å². The van der Waals surface area contributed by atoms with E-state index in [1.54, 1.807) is 0 Å². The fraction of sp³-hybridized carbons (Fsp3) is 0.538. The van der Waals surface area contributed by atoms with Crippen LogP contribution in [-0.2, 0) is 6.42 Å². The van der Waals surface area contributed by atoms with Gasteiger partial charge in [-0.1, -0.05) is 0 Å². The summed E-state index contributed by atoms with van der Waals surface area (Å²) in [5.74, 6) is -1.55. The molecule has 2 nitrogen and oxygen atoms in total. The van der Waals surface area contributed by atoms with Crippen molar-refractivity contribution in [1.82, 2.24) is 5.32 Å². The van der Waals surface area contributed by atoms with Crippen LogP contribution in [0.4, 0.5) is 8.78 Å². The molecule has 0 unspecified atom stereocenters. The van der Waals surface area contributed by atoms with Crippen LogP contribution < -0.4 is 11.1 Å². The second-order valence-corrected chi connectivity index (χ2v) is 5.23. The van der Waals surface area contributed by atoms with E-state index in [9.17, 15) is 8.78 Å². The molecule has 1 heterocycles. The highest BCUT2D eigenvalue weighted by molar-refractivity contribution is 5.39. The lowest BCUT2D eigenvalue weighted by molar-refractivity contribution is 0.174. The maximum Gasteiger partial charge on any atom is 0.159 e. The predicted octanol–water partition coefficient (Wildman–Crippen LogP) is 1.89. The molecule has 3 N–H and O–H groups in total. The van der Waals surface area contributed by atoms with Crippen LogP contribution in [0, 0.1) is 17.0 Å². The molecule has 0 amide bonds. The summed E-state index contributed by atoms with van der Waals surface area (Å²) in [6.45, 7) is 1.87. The van der Waals surface area contributed by atoms with Crippen molar-refractivity contribution in [2.24, 2.45) is 11.1 Å². The van der Waals surface area contributed by atoms with Gasteiger partial charge in [0.2, 0.25) is 0 Å². The van der Waals surface area contributed by atoms with Gasteiger partial charge < -0.3 is 11.1 Å². The summed E-state index contributed by atoms with van der Waals surface area (Å²) in [7, 11) is 0. The number of hydrogen-bond acceptors (Lipinski definition) is 2. The number of nitrogens with two attached hydrogens (primary N) is 1. The quantitative estimate of drug-likeness (QED) is 0.724. The Hall–Kier alpha value is -1.00. The van der Waals surface area contributed by atoms with E-state index in [1.165, 1.54) is 12.1 Å². The Morgan fingerprint density at radius 2 is 1.82 bits per heavy atom. The van der Waals surface area contributed by atoms with Crippen LogP contribution in [0.2, 0.25) is 0 Å². The summed E-state index contributed by atoms with van der Waals surface area (Å²) in [4.78, 5) is 0. The van der Waals surface area contributed by atoms with Gasteiger partial charge in [-0.15, -0.1) is 0 Å². The number of nitrogens with one attached hydrogen (secondary N) is 1. The van der Waals surface area contributed by atoms with Gasteiger partial charge in [-0.3, -0.25) is 0 Å². The Bertz CT molecular complexity index is 453. The van der Waals surface area contributed by atoms with Crippen molar-refractivity contribution < 1.29 is 8.78 Å². The molecule has 0 bridgehead atoms. The Kier molecular flexibility index (Phi) is 2.45. The lowest BCUT2D eigenvalue weighted by atomic mass is 9.73. The maximum absolute atomic E-state index is 13.3. The van der Waals surface area contributed by atoms with E-state index in [0.29, 0.717) is 0 Å². The van der Waals surface area contributed by atoms with E-state index < -0.39 is 11.6 Å². The molecule has 0 aromatic heterocycles. The van der Waals surface area contributed by atoms with E-state index in [4.69, 9.17) is 5.73 Å². The zero-order valence-electron chi connectivity index (χ0n) is 9.60. The predicted molar refractivity (Wildman–Crippen MR) is 61.5 cm³/mol. The minimum Gasteiger partial charge on any atom is -0.323 e. The average Bonchev–Trinajstić information content (AvgIpc) is 2.56. The Morgan fingerprint density at radius 1 is 1.18 bits per heavy atom. The average molecular weight is 238 g/mol. The smallest absolute Gasteiger partial charge is 0.159 e. The lowest BCUT2D eigenvalue weighted by Gasteiger charge is -2.37. The van der Waals surface area contributed by atoms with Gasteiger partial charge in [0.05, 0.1) is 0 Å². The number of rotatable bonds is 0. The molecule has 0 radical (unpaired) electrons. The van der Waals surface area contributed by atoms with Crippen LogP contribution in [0.5, 0.6) is 0 Å². The maximum atomic E-state index is 13.3. The van der Waals surface area contributed by atoms with Gasteiger partial charge in [0.25, 0.3) is 0 Å². The third-order valence-corrected chi connectivity index (χ3v) is 4.32. The zero-order valence-corrected chi connectivity index (χ0v) is 9.60. The van der Waals surface area contributed by atoms with E-state index >= 15 is 0 Å². The third-order valence-electron chi connectivity index (χ3n) is 4.32. The molecular weight excluding hydrogens is 222 g/mol. The SMILES string of the molecule is N[C@@H]1c2cc(F)c(F)cc2CC12CCNCC2. The van der Waals surface area contributed by atoms with Crippen molar-refractivity contribution in [1.29, 1.82) is 0 Å². The first-order valence-corrected chi connectivity index (χ1v) is 6.06. The molecule has 1 atom stereocenters. The molecule has 3 rings (SSSR count). The van der Waals surface area contributed by atoms with Crippen LogP contribution in [-0.4, -0.2) is 13.1 Å². The molecule has 1 aromatic carbocycles. The van der Waals surface area contributed by atoms with Crippen LogP contribution >= 0.6 is 0 Å². The highest BCUT2D eigenvalue weighted by Crippen LogP contribution is 2.49. The van der Waals surface area contributed by atoms with E-state index in [2.05, 4.69) is 5.32 Å². The van der Waals surface area contributed by atoms with Crippen molar-refractivity contribution >= 4 is 0 Å². The minimum absolute atomic E-state index is 0.00775. The number of fused-ring (bicyclic) bond motifs is 1. The summed E-state index contributed by atoms with van der Waals surface area (Å²) in [6.07, 6.45) is 2.74. The Morgan fingerprint density at radius 3 is 2.53 bits per heavy atom. The molecule has 2 aliphatic rings. The van der Waals surface area contributed by atoms with Crippen LogP contribution in [0.25, 0.3) is 0 Å². The highest BCUT2D eigenvalue weighted by atomic mass is 19.2. The number of hydrogen-bond donors (Lipinski definition) is 2. The first kappa shape index (κ1) is 11.1. The summed E-state index contributed by atoms with van der Waals surface area (Å²) < 4.78 is 26.5. The number of benzene rings is 1. The molecule has 1 aliphatic carbocycles. The van der Waals surface area contributed by atoms with Crippen molar-refractivity contribution in [2.75, 3.05) is 13.1 Å². The molecule has 1 fully saturated rings. The summed E-state index contributed by atoms with van der Waals surface area (Å²) >= 11 is 0. The lowest BCUT2D eigenvalue weighted by Crippen LogP contribution is -2.42. The first-order valence-electron chi connectivity index (χ1n) is 6.06. The van der Waals surface area contributed by atoms with E-state index in [1.807, 2.05) is 0 Å². The Labute approximate surface area is 99.2 Å². The molecule has 92 valence electrons. The summed E-state index contributed by atoms with van der Waals surface area (Å²) in [5, 5.41) is 3.30. The van der Waals surface area contributed by atoms with E-state index in [-0.39, 0.29) is 11.5 Å². The van der Waals surface area contributed by atoms with Crippen molar-refractivity contribution in [2.45, 2.75) is 25.3 Å². The zero-order chi connectivity index (χ0) is 12.0. The fourth-order valence-corrected chi connectivity index (χ4v) is 3.28. The molecule has 17 heavy (non-hydrogen) atoms. The summed E-state index contributed by atoms with van der Waals surface area (Å²) in [5.41, 5.74) is 7.95. The Balaban J connectivity index is 2.01. The van der Waals surface area contributed by atoms with E-state index in [0.717, 1.165) is 43.5 Å². The fourth-order valence-electron chi connectivity index (χ4n) is 3.28. The second kappa shape index (κ2) is 3.75. The van der Waals surface area contributed by atoms with Gasteiger partial charge in [0.1, 0.15) is 0 Å². The highest BCUT2D eigenvalue weighted by Gasteiger charge is 2.45. The monoisotopic (exact) mass is 238 g/mol. The van der Waals surface area contributed by atoms with Gasteiger partial charge in [-0.05, 0) is 61.0 Å². The van der Waals surface area contributed by atoms with Crippen molar-refractivity contribution in [3.05, 3.63) is 34.9 Å². The number of piperidine rings is 1. The van der Waals surface area contributed by atoms with Gasteiger partial charge in [0, 0.05) is 6.04 Å². The topological polar surface area (TPSA) is 38.0 Å². The van der Waals surface area contributed by atoms with Gasteiger partial charge >= 0.3 is 0 Å². The largest absolute Gasteiger partial charge is 0.323 e. The van der Waals surface area contributed by atoms with Crippen LogP contribution in [0.15, 0.2) is 12.1 Å².